The zero-order valence-electron chi connectivity index (χ0n) is 9.77. The quantitative estimate of drug-likeness (QED) is 0.717. The first kappa shape index (κ1) is 11.3. The number of hydrogen-bond donors (Lipinski definition) is 1. The molecular weight excluding hydrogens is 196 g/mol. The summed E-state index contributed by atoms with van der Waals surface area (Å²) in [5, 5.41) is 9.80. The molecule has 2 aliphatic heterocycles. The molecule has 0 bridgehead atoms. The summed E-state index contributed by atoms with van der Waals surface area (Å²) >= 11 is 0. The Labute approximate surface area is 90.5 Å². The lowest BCUT2D eigenvalue weighted by molar-refractivity contribution is -0.243. The van der Waals surface area contributed by atoms with Crippen LogP contribution in [0, 0.1) is 5.92 Å². The zero-order valence-corrected chi connectivity index (χ0v) is 9.77. The van der Waals surface area contributed by atoms with Gasteiger partial charge in [0.2, 0.25) is 0 Å². The Morgan fingerprint density at radius 3 is 2.40 bits per heavy atom. The average molecular weight is 216 g/mol. The van der Waals surface area contributed by atoms with E-state index in [0.29, 0.717) is 0 Å². The van der Waals surface area contributed by atoms with Crippen LogP contribution in [0.3, 0.4) is 0 Å². The van der Waals surface area contributed by atoms with E-state index in [1.54, 1.807) is 0 Å². The van der Waals surface area contributed by atoms with Gasteiger partial charge in [0.1, 0.15) is 6.10 Å². The topological polar surface area (TPSA) is 47.9 Å². The van der Waals surface area contributed by atoms with E-state index in [-0.39, 0.29) is 24.2 Å². The molecule has 2 saturated heterocycles. The van der Waals surface area contributed by atoms with Gasteiger partial charge in [-0.05, 0) is 20.3 Å². The molecule has 0 radical (unpaired) electrons. The van der Waals surface area contributed by atoms with E-state index in [9.17, 15) is 5.11 Å². The van der Waals surface area contributed by atoms with Crippen molar-refractivity contribution in [3.05, 3.63) is 0 Å². The van der Waals surface area contributed by atoms with Crippen LogP contribution in [0.5, 0.6) is 0 Å². The van der Waals surface area contributed by atoms with Crippen LogP contribution in [-0.4, -0.2) is 35.5 Å². The predicted octanol–water partition coefficient (Wildman–Crippen LogP) is 1.27. The molecule has 0 amide bonds. The van der Waals surface area contributed by atoms with Crippen LogP contribution in [0.2, 0.25) is 0 Å². The van der Waals surface area contributed by atoms with Crippen LogP contribution in [0.15, 0.2) is 0 Å². The Bertz CT molecular complexity index is 241. The van der Waals surface area contributed by atoms with Gasteiger partial charge in [0.05, 0.1) is 12.2 Å². The van der Waals surface area contributed by atoms with Crippen LogP contribution in [-0.2, 0) is 14.2 Å². The van der Waals surface area contributed by atoms with Gasteiger partial charge in [-0.3, -0.25) is 0 Å². The first-order valence-corrected chi connectivity index (χ1v) is 5.64. The van der Waals surface area contributed by atoms with Crippen LogP contribution in [0.1, 0.15) is 34.1 Å². The van der Waals surface area contributed by atoms with Crippen LogP contribution in [0.25, 0.3) is 0 Å². The smallest absolute Gasteiger partial charge is 0.184 e. The maximum absolute atomic E-state index is 9.80. The fourth-order valence-electron chi connectivity index (χ4n) is 2.50. The highest BCUT2D eigenvalue weighted by molar-refractivity contribution is 4.93. The summed E-state index contributed by atoms with van der Waals surface area (Å²) in [6.07, 6.45) is -0.339. The molecule has 4 nitrogen and oxygen atoms in total. The number of ether oxygens (including phenoxy) is 3. The van der Waals surface area contributed by atoms with Gasteiger partial charge in [-0.1, -0.05) is 13.8 Å². The molecule has 5 atom stereocenters. The van der Waals surface area contributed by atoms with Crippen molar-refractivity contribution in [3.63, 3.8) is 0 Å². The van der Waals surface area contributed by atoms with E-state index in [2.05, 4.69) is 13.8 Å². The molecule has 0 aromatic carbocycles. The molecule has 0 aromatic rings. The van der Waals surface area contributed by atoms with Gasteiger partial charge in [0, 0.05) is 5.92 Å². The van der Waals surface area contributed by atoms with Gasteiger partial charge in [0.15, 0.2) is 12.1 Å². The summed E-state index contributed by atoms with van der Waals surface area (Å²) in [5.41, 5.74) is 0. The largest absolute Gasteiger partial charge is 0.366 e. The third-order valence-corrected chi connectivity index (χ3v) is 3.27. The highest BCUT2D eigenvalue weighted by Gasteiger charge is 2.52. The molecule has 2 aliphatic rings. The van der Waals surface area contributed by atoms with Gasteiger partial charge < -0.3 is 19.3 Å². The fourth-order valence-corrected chi connectivity index (χ4v) is 2.50. The number of rotatable bonds is 1. The van der Waals surface area contributed by atoms with Crippen molar-refractivity contribution >= 4 is 0 Å². The number of fused-ring (bicyclic) bond motifs is 1. The van der Waals surface area contributed by atoms with Crippen molar-refractivity contribution in [3.8, 4) is 0 Å². The lowest BCUT2D eigenvalue weighted by atomic mass is 9.89. The summed E-state index contributed by atoms with van der Waals surface area (Å²) in [5.74, 6) is -0.360. The molecule has 0 saturated carbocycles. The van der Waals surface area contributed by atoms with E-state index in [1.807, 2.05) is 13.8 Å². The maximum Gasteiger partial charge on any atom is 0.184 e. The van der Waals surface area contributed by atoms with Crippen molar-refractivity contribution in [2.24, 2.45) is 5.92 Å². The zero-order chi connectivity index (χ0) is 11.2. The summed E-state index contributed by atoms with van der Waals surface area (Å²) in [6.45, 7) is 7.87. The number of aliphatic hydroxyl groups is 1. The third-order valence-electron chi connectivity index (χ3n) is 3.27. The Morgan fingerprint density at radius 2 is 1.80 bits per heavy atom. The van der Waals surface area contributed by atoms with E-state index >= 15 is 0 Å². The second kappa shape index (κ2) is 3.70. The van der Waals surface area contributed by atoms with Crippen molar-refractivity contribution in [1.29, 1.82) is 0 Å². The molecule has 1 unspecified atom stereocenters. The van der Waals surface area contributed by atoms with Gasteiger partial charge in [-0.15, -0.1) is 0 Å². The Balaban J connectivity index is 2.16. The Hall–Kier alpha value is -0.160. The summed E-state index contributed by atoms with van der Waals surface area (Å²) < 4.78 is 16.9. The monoisotopic (exact) mass is 216 g/mol. The lowest BCUT2D eigenvalue weighted by Gasteiger charge is -2.38. The minimum Gasteiger partial charge on any atom is -0.366 e. The minimum absolute atomic E-state index is 0.0544. The Morgan fingerprint density at radius 1 is 1.20 bits per heavy atom. The summed E-state index contributed by atoms with van der Waals surface area (Å²) in [6, 6.07) is 0. The van der Waals surface area contributed by atoms with E-state index in [1.165, 1.54) is 0 Å². The van der Waals surface area contributed by atoms with E-state index in [0.717, 1.165) is 6.42 Å². The lowest BCUT2D eigenvalue weighted by Crippen LogP contribution is -2.51. The normalized spacial score (nSPS) is 49.0. The minimum atomic E-state index is -0.863. The molecule has 15 heavy (non-hydrogen) atoms. The first-order valence-electron chi connectivity index (χ1n) is 5.64. The Kier molecular flexibility index (Phi) is 2.79. The van der Waals surface area contributed by atoms with Gasteiger partial charge >= 0.3 is 0 Å². The van der Waals surface area contributed by atoms with Crippen molar-refractivity contribution < 1.29 is 19.3 Å². The van der Waals surface area contributed by atoms with Crippen LogP contribution in [0.4, 0.5) is 0 Å². The molecule has 2 rings (SSSR count). The van der Waals surface area contributed by atoms with E-state index < -0.39 is 12.1 Å². The first-order chi connectivity index (χ1) is 6.94. The second-order valence-corrected chi connectivity index (χ2v) is 4.90. The van der Waals surface area contributed by atoms with Gasteiger partial charge in [-0.2, -0.15) is 0 Å². The van der Waals surface area contributed by atoms with Crippen molar-refractivity contribution in [2.45, 2.75) is 64.5 Å². The molecule has 0 spiro atoms. The molecule has 0 aromatic heterocycles. The van der Waals surface area contributed by atoms with Crippen molar-refractivity contribution in [1.82, 2.24) is 0 Å². The van der Waals surface area contributed by atoms with Gasteiger partial charge in [0.25, 0.3) is 0 Å². The van der Waals surface area contributed by atoms with Crippen molar-refractivity contribution in [2.75, 3.05) is 0 Å². The molecule has 2 heterocycles. The molecule has 88 valence electrons. The predicted molar refractivity (Wildman–Crippen MR) is 54.2 cm³/mol. The van der Waals surface area contributed by atoms with E-state index in [4.69, 9.17) is 14.2 Å². The second-order valence-electron chi connectivity index (χ2n) is 4.90. The van der Waals surface area contributed by atoms with Crippen LogP contribution >= 0.6 is 0 Å². The molecule has 4 heteroatoms. The van der Waals surface area contributed by atoms with Gasteiger partial charge in [-0.25, -0.2) is 0 Å². The molecule has 2 fully saturated rings. The SMILES string of the molecule is CC[C@@H]1OC(O)[C@@H]2OC(C)(C)O[C@@H]2[C@H]1C. The fraction of sp³-hybridized carbons (Fsp3) is 1.00. The average Bonchev–Trinajstić information content (AvgIpc) is 2.48. The summed E-state index contributed by atoms with van der Waals surface area (Å²) in [7, 11) is 0. The number of hydrogen-bond acceptors (Lipinski definition) is 4. The molecule has 0 aliphatic carbocycles. The highest BCUT2D eigenvalue weighted by Crippen LogP contribution is 2.39. The summed E-state index contributed by atoms with van der Waals surface area (Å²) in [4.78, 5) is 0. The molecular formula is C11H20O4. The maximum atomic E-state index is 9.80. The highest BCUT2D eigenvalue weighted by atomic mass is 16.8. The number of aliphatic hydroxyl groups excluding tert-OH is 1. The third kappa shape index (κ3) is 1.91. The van der Waals surface area contributed by atoms with Crippen LogP contribution < -0.4 is 0 Å². The molecule has 1 N–H and O–H groups in total. The standard InChI is InChI=1S/C11H20O4/c1-5-7-6(2)8-9(10(12)13-7)15-11(3,4)14-8/h6-10,12H,5H2,1-4H3/t6-,7-,8+,9+,10?/m0/s1.